The number of amides is 1. The molecule has 0 saturated carbocycles. The molecule has 2 aromatic carbocycles. The third-order valence-corrected chi connectivity index (χ3v) is 4.47. The number of thiazole rings is 1. The first-order valence-corrected chi connectivity index (χ1v) is 8.63. The molecule has 0 atom stereocenters. The van der Waals surface area contributed by atoms with Crippen LogP contribution < -0.4 is 15.0 Å². The molecule has 0 aliphatic heterocycles. The quantitative estimate of drug-likeness (QED) is 0.749. The summed E-state index contributed by atoms with van der Waals surface area (Å²) in [5, 5.41) is 5.35. The highest BCUT2D eigenvalue weighted by Gasteiger charge is 2.11. The highest BCUT2D eigenvalue weighted by Crippen LogP contribution is 2.27. The van der Waals surface area contributed by atoms with Gasteiger partial charge in [0.15, 0.2) is 5.13 Å². The number of nitrogens with zero attached hydrogens (tertiary/aromatic N) is 2. The summed E-state index contributed by atoms with van der Waals surface area (Å²) in [4.78, 5) is 18.9. The van der Waals surface area contributed by atoms with Gasteiger partial charge in [-0.2, -0.15) is 0 Å². The van der Waals surface area contributed by atoms with Crippen LogP contribution in [-0.4, -0.2) is 32.1 Å². The molecule has 0 saturated heterocycles. The van der Waals surface area contributed by atoms with Gasteiger partial charge in [-0.15, -0.1) is 11.3 Å². The van der Waals surface area contributed by atoms with Crippen molar-refractivity contribution in [2.45, 2.75) is 0 Å². The Hall–Kier alpha value is -2.86. The maximum absolute atomic E-state index is 12.5. The van der Waals surface area contributed by atoms with Crippen molar-refractivity contribution in [3.05, 3.63) is 59.5 Å². The number of nitrogens with one attached hydrogen (secondary N) is 1. The van der Waals surface area contributed by atoms with E-state index in [1.807, 2.05) is 66.8 Å². The van der Waals surface area contributed by atoms with Crippen molar-refractivity contribution in [3.8, 4) is 17.0 Å². The molecule has 1 aromatic heterocycles. The van der Waals surface area contributed by atoms with Gasteiger partial charge in [0.25, 0.3) is 5.91 Å². The third-order valence-electron chi connectivity index (χ3n) is 3.71. The van der Waals surface area contributed by atoms with E-state index in [2.05, 4.69) is 10.3 Å². The lowest BCUT2D eigenvalue weighted by atomic mass is 10.1. The summed E-state index contributed by atoms with van der Waals surface area (Å²) in [5.41, 5.74) is 3.33. The second kappa shape index (κ2) is 7.36. The Labute approximate surface area is 150 Å². The average molecular weight is 353 g/mol. The molecule has 0 fully saturated rings. The van der Waals surface area contributed by atoms with Gasteiger partial charge in [-0.1, -0.05) is 18.2 Å². The van der Waals surface area contributed by atoms with Gasteiger partial charge in [-0.3, -0.25) is 10.1 Å². The van der Waals surface area contributed by atoms with Gasteiger partial charge >= 0.3 is 0 Å². The molecule has 3 rings (SSSR count). The van der Waals surface area contributed by atoms with Crippen molar-refractivity contribution in [1.29, 1.82) is 0 Å². The van der Waals surface area contributed by atoms with E-state index >= 15 is 0 Å². The number of methoxy groups -OCH3 is 1. The SMILES string of the molecule is COc1cccc(-c2csc(NC(=O)c3cccc(N(C)C)c3)n2)c1. The molecule has 0 aliphatic rings. The first-order valence-electron chi connectivity index (χ1n) is 7.75. The van der Waals surface area contributed by atoms with Gasteiger partial charge < -0.3 is 9.64 Å². The number of carbonyl (C=O) groups excluding carboxylic acids is 1. The van der Waals surface area contributed by atoms with Gasteiger partial charge in [0.2, 0.25) is 0 Å². The van der Waals surface area contributed by atoms with Crippen LogP contribution in [0.4, 0.5) is 10.8 Å². The molecule has 0 spiro atoms. The maximum Gasteiger partial charge on any atom is 0.257 e. The van der Waals surface area contributed by atoms with Crippen molar-refractivity contribution in [2.75, 3.05) is 31.4 Å². The fraction of sp³-hybridized carbons (Fsp3) is 0.158. The number of hydrogen-bond donors (Lipinski definition) is 1. The minimum Gasteiger partial charge on any atom is -0.497 e. The van der Waals surface area contributed by atoms with E-state index in [-0.39, 0.29) is 5.91 Å². The van der Waals surface area contributed by atoms with Gasteiger partial charge in [0.1, 0.15) is 5.75 Å². The summed E-state index contributed by atoms with van der Waals surface area (Å²) in [5.74, 6) is 0.604. The van der Waals surface area contributed by atoms with E-state index in [1.54, 1.807) is 13.2 Å². The second-order valence-corrected chi connectivity index (χ2v) is 6.53. The predicted molar refractivity (Wildman–Crippen MR) is 103 cm³/mol. The molecule has 25 heavy (non-hydrogen) atoms. The van der Waals surface area contributed by atoms with Crippen LogP contribution in [0.3, 0.4) is 0 Å². The molecule has 128 valence electrons. The van der Waals surface area contributed by atoms with Crippen LogP contribution in [0.15, 0.2) is 53.9 Å². The standard InChI is InChI=1S/C19H19N3O2S/c1-22(2)15-8-4-7-14(10-15)18(23)21-19-20-17(12-25-19)13-6-5-9-16(11-13)24-3/h4-12H,1-3H3,(H,20,21,23). The Morgan fingerprint density at radius 3 is 2.72 bits per heavy atom. The smallest absolute Gasteiger partial charge is 0.257 e. The molecule has 0 bridgehead atoms. The second-order valence-electron chi connectivity index (χ2n) is 5.67. The average Bonchev–Trinajstić information content (AvgIpc) is 3.10. The number of carbonyl (C=O) groups is 1. The number of rotatable bonds is 5. The molecular weight excluding hydrogens is 334 g/mol. The third kappa shape index (κ3) is 3.97. The van der Waals surface area contributed by atoms with Crippen LogP contribution in [0.5, 0.6) is 5.75 Å². The highest BCUT2D eigenvalue weighted by molar-refractivity contribution is 7.14. The van der Waals surface area contributed by atoms with E-state index in [4.69, 9.17) is 4.74 Å². The Morgan fingerprint density at radius 2 is 1.96 bits per heavy atom. The molecule has 0 aliphatic carbocycles. The lowest BCUT2D eigenvalue weighted by molar-refractivity contribution is 0.102. The van der Waals surface area contributed by atoms with Crippen molar-refractivity contribution in [3.63, 3.8) is 0 Å². The summed E-state index contributed by atoms with van der Waals surface area (Å²) in [6.07, 6.45) is 0. The lowest BCUT2D eigenvalue weighted by Gasteiger charge is -2.13. The van der Waals surface area contributed by atoms with Crippen molar-refractivity contribution in [2.24, 2.45) is 0 Å². The Balaban J connectivity index is 1.77. The number of benzene rings is 2. The molecule has 3 aromatic rings. The molecule has 1 amide bonds. The van der Waals surface area contributed by atoms with Crippen LogP contribution in [0.25, 0.3) is 11.3 Å². The number of anilines is 2. The first kappa shape index (κ1) is 17.0. The lowest BCUT2D eigenvalue weighted by Crippen LogP contribution is -2.14. The summed E-state index contributed by atoms with van der Waals surface area (Å²) >= 11 is 1.40. The first-order chi connectivity index (χ1) is 12.1. The number of ether oxygens (including phenoxy) is 1. The minimum atomic E-state index is -0.171. The summed E-state index contributed by atoms with van der Waals surface area (Å²) in [7, 11) is 5.52. The van der Waals surface area contributed by atoms with E-state index < -0.39 is 0 Å². The van der Waals surface area contributed by atoms with Crippen LogP contribution in [-0.2, 0) is 0 Å². The largest absolute Gasteiger partial charge is 0.497 e. The fourth-order valence-corrected chi connectivity index (χ4v) is 3.06. The van der Waals surface area contributed by atoms with E-state index in [0.717, 1.165) is 22.7 Å². The zero-order chi connectivity index (χ0) is 17.8. The maximum atomic E-state index is 12.5. The van der Waals surface area contributed by atoms with Crippen LogP contribution in [0.2, 0.25) is 0 Å². The van der Waals surface area contributed by atoms with Gasteiger partial charge in [0, 0.05) is 36.3 Å². The van der Waals surface area contributed by atoms with E-state index in [0.29, 0.717) is 10.7 Å². The number of hydrogen-bond acceptors (Lipinski definition) is 5. The van der Waals surface area contributed by atoms with Crippen LogP contribution in [0, 0.1) is 0 Å². The minimum absolute atomic E-state index is 0.171. The molecule has 6 heteroatoms. The monoisotopic (exact) mass is 353 g/mol. The summed E-state index contributed by atoms with van der Waals surface area (Å²) < 4.78 is 5.24. The Morgan fingerprint density at radius 1 is 1.16 bits per heavy atom. The zero-order valence-electron chi connectivity index (χ0n) is 14.3. The summed E-state index contributed by atoms with van der Waals surface area (Å²) in [6.45, 7) is 0. The van der Waals surface area contributed by atoms with Crippen molar-refractivity contribution >= 4 is 28.1 Å². The van der Waals surface area contributed by atoms with E-state index in [1.165, 1.54) is 11.3 Å². The molecule has 5 nitrogen and oxygen atoms in total. The summed E-state index contributed by atoms with van der Waals surface area (Å²) in [6, 6.07) is 15.2. The van der Waals surface area contributed by atoms with E-state index in [9.17, 15) is 4.79 Å². The molecule has 1 heterocycles. The van der Waals surface area contributed by atoms with Gasteiger partial charge in [-0.25, -0.2) is 4.98 Å². The fourth-order valence-electron chi connectivity index (χ4n) is 2.34. The molecular formula is C19H19N3O2S. The zero-order valence-corrected chi connectivity index (χ0v) is 15.1. The van der Waals surface area contributed by atoms with Gasteiger partial charge in [0.05, 0.1) is 12.8 Å². The van der Waals surface area contributed by atoms with Crippen LogP contribution in [0.1, 0.15) is 10.4 Å². The highest BCUT2D eigenvalue weighted by atomic mass is 32.1. The predicted octanol–water partition coefficient (Wildman–Crippen LogP) is 4.14. The molecule has 0 unspecified atom stereocenters. The Kier molecular flexibility index (Phi) is 5.00. The molecule has 1 N–H and O–H groups in total. The van der Waals surface area contributed by atoms with Crippen molar-refractivity contribution in [1.82, 2.24) is 4.98 Å². The molecule has 0 radical (unpaired) electrons. The Bertz CT molecular complexity index is 890. The topological polar surface area (TPSA) is 54.5 Å². The number of aromatic nitrogens is 1. The normalized spacial score (nSPS) is 10.4. The van der Waals surface area contributed by atoms with Crippen LogP contribution >= 0.6 is 11.3 Å². The van der Waals surface area contributed by atoms with Gasteiger partial charge in [-0.05, 0) is 30.3 Å². The van der Waals surface area contributed by atoms with Crippen molar-refractivity contribution < 1.29 is 9.53 Å².